The lowest BCUT2D eigenvalue weighted by molar-refractivity contribution is 0.669. The first-order valence-electron chi connectivity index (χ1n) is 15.3. The van der Waals surface area contributed by atoms with Crippen molar-refractivity contribution in [2.45, 2.75) is 0 Å². The summed E-state index contributed by atoms with van der Waals surface area (Å²) in [7, 11) is 0. The largest absolute Gasteiger partial charge is 0.456 e. The molecule has 3 heteroatoms. The highest BCUT2D eigenvalue weighted by Crippen LogP contribution is 2.41. The number of benzene rings is 7. The van der Waals surface area contributed by atoms with Crippen LogP contribution < -0.4 is 0 Å². The number of aromatic nitrogens is 1. The topological polar surface area (TPSA) is 31.2 Å². The maximum absolute atomic E-state index is 6.52. The number of hydrogen-bond donors (Lipinski definition) is 0. The maximum Gasteiger partial charge on any atom is 0.160 e. The minimum absolute atomic E-state index is 0.899. The molecule has 0 radical (unpaired) electrons. The van der Waals surface area contributed by atoms with Gasteiger partial charge in [-0.25, -0.2) is 0 Å². The first-order chi connectivity index (χ1) is 22.3. The summed E-state index contributed by atoms with van der Waals surface area (Å²) in [6.07, 6.45) is 0. The predicted octanol–water partition coefficient (Wildman–Crippen LogP) is 11.9. The summed E-state index contributed by atoms with van der Waals surface area (Å²) >= 11 is 0. The molecule has 10 aromatic rings. The second kappa shape index (κ2) is 9.22. The van der Waals surface area contributed by atoms with Crippen LogP contribution in [-0.4, -0.2) is 4.57 Å². The molecule has 210 valence electrons. The van der Waals surface area contributed by atoms with E-state index in [1.807, 2.05) is 18.2 Å². The fourth-order valence-corrected chi connectivity index (χ4v) is 7.07. The van der Waals surface area contributed by atoms with Crippen LogP contribution in [-0.2, 0) is 0 Å². The second-order valence-corrected chi connectivity index (χ2v) is 11.7. The molecule has 0 spiro atoms. The van der Waals surface area contributed by atoms with E-state index in [0.29, 0.717) is 0 Å². The predicted molar refractivity (Wildman–Crippen MR) is 186 cm³/mol. The SMILES string of the molecule is c1ccc(-c2ccc3c(c2)oc2ccc(-c4ccc(-n5c6ccccc6c6ccc7c8ccccc8oc7c65)cc4)cc23)cc1. The van der Waals surface area contributed by atoms with Crippen molar-refractivity contribution in [2.75, 3.05) is 0 Å². The lowest BCUT2D eigenvalue weighted by Gasteiger charge is -2.10. The van der Waals surface area contributed by atoms with Gasteiger partial charge in [0.15, 0.2) is 5.58 Å². The van der Waals surface area contributed by atoms with Gasteiger partial charge in [-0.1, -0.05) is 97.1 Å². The molecule has 3 heterocycles. The third kappa shape index (κ3) is 3.58. The van der Waals surface area contributed by atoms with Crippen LogP contribution in [0, 0.1) is 0 Å². The van der Waals surface area contributed by atoms with E-state index in [-0.39, 0.29) is 0 Å². The molecule has 0 aliphatic carbocycles. The Morgan fingerprint density at radius 3 is 1.87 bits per heavy atom. The Labute approximate surface area is 258 Å². The van der Waals surface area contributed by atoms with Crippen molar-refractivity contribution in [3.63, 3.8) is 0 Å². The Morgan fingerprint density at radius 1 is 0.356 bits per heavy atom. The summed E-state index contributed by atoms with van der Waals surface area (Å²) < 4.78 is 15.2. The summed E-state index contributed by atoms with van der Waals surface area (Å²) in [6.45, 7) is 0. The van der Waals surface area contributed by atoms with Crippen molar-refractivity contribution in [1.29, 1.82) is 0 Å². The molecule has 0 saturated heterocycles. The van der Waals surface area contributed by atoms with Gasteiger partial charge in [0.05, 0.1) is 11.0 Å². The van der Waals surface area contributed by atoms with Crippen molar-refractivity contribution in [1.82, 2.24) is 4.57 Å². The quantitative estimate of drug-likeness (QED) is 0.210. The highest BCUT2D eigenvalue weighted by atomic mass is 16.3. The van der Waals surface area contributed by atoms with Crippen LogP contribution in [0.4, 0.5) is 0 Å². The highest BCUT2D eigenvalue weighted by Gasteiger charge is 2.19. The molecule has 0 atom stereocenters. The zero-order chi connectivity index (χ0) is 29.5. The molecule has 3 nitrogen and oxygen atoms in total. The first-order valence-corrected chi connectivity index (χ1v) is 15.3. The van der Waals surface area contributed by atoms with Gasteiger partial charge in [-0.2, -0.15) is 0 Å². The zero-order valence-corrected chi connectivity index (χ0v) is 24.2. The van der Waals surface area contributed by atoms with Crippen molar-refractivity contribution in [3.8, 4) is 27.9 Å². The Kier molecular flexibility index (Phi) is 5.00. The molecule has 0 fully saturated rings. The van der Waals surface area contributed by atoms with Gasteiger partial charge in [-0.05, 0) is 76.9 Å². The van der Waals surface area contributed by atoms with E-state index in [1.165, 1.54) is 16.3 Å². The van der Waals surface area contributed by atoms with E-state index >= 15 is 0 Å². The second-order valence-electron chi connectivity index (χ2n) is 11.7. The molecule has 0 aliphatic rings. The van der Waals surface area contributed by atoms with Gasteiger partial charge in [0.25, 0.3) is 0 Å². The first kappa shape index (κ1) is 24.4. The normalized spacial score (nSPS) is 12.0. The third-order valence-electron chi connectivity index (χ3n) is 9.22. The molecular formula is C42H25NO2. The summed E-state index contributed by atoms with van der Waals surface area (Å²) in [5.41, 5.74) is 11.6. The van der Waals surface area contributed by atoms with Crippen LogP contribution in [0.1, 0.15) is 0 Å². The molecule has 0 unspecified atom stereocenters. The summed E-state index contributed by atoms with van der Waals surface area (Å²) in [5, 5.41) is 6.93. The van der Waals surface area contributed by atoms with E-state index in [1.54, 1.807) is 0 Å². The van der Waals surface area contributed by atoms with Crippen LogP contribution >= 0.6 is 0 Å². The van der Waals surface area contributed by atoms with Crippen molar-refractivity contribution < 1.29 is 8.83 Å². The molecule has 0 bridgehead atoms. The number of hydrogen-bond acceptors (Lipinski definition) is 2. The fraction of sp³-hybridized carbons (Fsp3) is 0. The van der Waals surface area contributed by atoms with Crippen molar-refractivity contribution in [3.05, 3.63) is 152 Å². The Hall–Kier alpha value is -6.06. The maximum atomic E-state index is 6.52. The van der Waals surface area contributed by atoms with E-state index in [9.17, 15) is 0 Å². The third-order valence-corrected chi connectivity index (χ3v) is 9.22. The smallest absolute Gasteiger partial charge is 0.160 e. The molecule has 3 aromatic heterocycles. The fourth-order valence-electron chi connectivity index (χ4n) is 7.07. The molecule has 10 rings (SSSR count). The van der Waals surface area contributed by atoms with E-state index in [4.69, 9.17) is 8.83 Å². The summed E-state index contributed by atoms with van der Waals surface area (Å²) in [6, 6.07) is 53.6. The van der Waals surface area contributed by atoms with Crippen molar-refractivity contribution >= 4 is 65.7 Å². The zero-order valence-electron chi connectivity index (χ0n) is 24.2. The van der Waals surface area contributed by atoms with Crippen LogP contribution in [0.25, 0.3) is 93.6 Å². The van der Waals surface area contributed by atoms with Crippen molar-refractivity contribution in [2.24, 2.45) is 0 Å². The minimum atomic E-state index is 0.899. The van der Waals surface area contributed by atoms with Gasteiger partial charge >= 0.3 is 0 Å². The van der Waals surface area contributed by atoms with Crippen LogP contribution in [0.5, 0.6) is 0 Å². The van der Waals surface area contributed by atoms with Crippen LogP contribution in [0.3, 0.4) is 0 Å². The molecule has 7 aromatic carbocycles. The van der Waals surface area contributed by atoms with Gasteiger partial charge in [0.1, 0.15) is 16.7 Å². The molecule has 45 heavy (non-hydrogen) atoms. The van der Waals surface area contributed by atoms with Gasteiger partial charge in [0, 0.05) is 38.0 Å². The number of para-hydroxylation sites is 2. The molecule has 0 saturated carbocycles. The van der Waals surface area contributed by atoms with Gasteiger partial charge in [0.2, 0.25) is 0 Å². The lowest BCUT2D eigenvalue weighted by Crippen LogP contribution is -1.94. The number of furan rings is 2. The average Bonchev–Trinajstić information content (AvgIpc) is 3.77. The Balaban J connectivity index is 1.11. The van der Waals surface area contributed by atoms with E-state index in [2.05, 4.69) is 138 Å². The van der Waals surface area contributed by atoms with Gasteiger partial charge in [-0.15, -0.1) is 0 Å². The highest BCUT2D eigenvalue weighted by molar-refractivity contribution is 6.21. The van der Waals surface area contributed by atoms with E-state index < -0.39 is 0 Å². The van der Waals surface area contributed by atoms with E-state index in [0.717, 1.165) is 77.3 Å². The Morgan fingerprint density at radius 2 is 0.978 bits per heavy atom. The lowest BCUT2D eigenvalue weighted by atomic mass is 10.0. The van der Waals surface area contributed by atoms with Crippen LogP contribution in [0.15, 0.2) is 160 Å². The number of rotatable bonds is 3. The minimum Gasteiger partial charge on any atom is -0.456 e. The number of fused-ring (bicyclic) bond motifs is 10. The molecular weight excluding hydrogens is 550 g/mol. The molecule has 0 aliphatic heterocycles. The molecule has 0 amide bonds. The standard InChI is InChI=1S/C42H25NO2/c1-2-8-26(9-3-1)29-16-20-33-36-24-28(17-23-39(36)44-40(33)25-29)27-14-18-30(19-15-27)43-37-12-6-4-10-31(37)34-21-22-35-32-11-5-7-13-38(32)45-42(35)41(34)43/h1-25H. The van der Waals surface area contributed by atoms with Crippen LogP contribution in [0.2, 0.25) is 0 Å². The Bertz CT molecular complexity index is 2740. The average molecular weight is 576 g/mol. The monoisotopic (exact) mass is 575 g/mol. The van der Waals surface area contributed by atoms with Gasteiger partial charge < -0.3 is 13.4 Å². The molecule has 0 N–H and O–H groups in total. The number of nitrogens with zero attached hydrogens (tertiary/aromatic N) is 1. The summed E-state index contributed by atoms with van der Waals surface area (Å²) in [4.78, 5) is 0. The summed E-state index contributed by atoms with van der Waals surface area (Å²) in [5.74, 6) is 0. The van der Waals surface area contributed by atoms with Gasteiger partial charge in [-0.3, -0.25) is 0 Å².